The van der Waals surface area contributed by atoms with Gasteiger partial charge in [0.2, 0.25) is 11.0 Å². The van der Waals surface area contributed by atoms with E-state index >= 15 is 0 Å². The number of hydrogen-bond donors (Lipinski definition) is 0. The lowest BCUT2D eigenvalue weighted by Gasteiger charge is -2.23. The Morgan fingerprint density at radius 3 is 2.64 bits per heavy atom. The number of aromatic nitrogens is 2. The van der Waals surface area contributed by atoms with E-state index in [4.69, 9.17) is 11.6 Å². The third-order valence-corrected chi connectivity index (χ3v) is 5.53. The first-order chi connectivity index (χ1) is 12.0. The number of amides is 1. The molecule has 1 aliphatic heterocycles. The van der Waals surface area contributed by atoms with Crippen LogP contribution >= 0.6 is 22.9 Å². The van der Waals surface area contributed by atoms with Crippen molar-refractivity contribution >= 4 is 34.0 Å². The van der Waals surface area contributed by atoms with Crippen molar-refractivity contribution in [3.8, 4) is 0 Å². The number of benzene rings is 1. The molecule has 7 heteroatoms. The Morgan fingerprint density at radius 1 is 1.16 bits per heavy atom. The first kappa shape index (κ1) is 18.1. The van der Waals surface area contributed by atoms with Crippen LogP contribution in [0.15, 0.2) is 24.3 Å². The van der Waals surface area contributed by atoms with Gasteiger partial charge in [-0.05, 0) is 24.1 Å². The van der Waals surface area contributed by atoms with Gasteiger partial charge in [-0.15, -0.1) is 10.2 Å². The van der Waals surface area contributed by atoms with Crippen LogP contribution in [0, 0.1) is 5.92 Å². The van der Waals surface area contributed by atoms with Gasteiger partial charge in [0.25, 0.3) is 0 Å². The number of halogens is 1. The average molecular weight is 379 g/mol. The zero-order chi connectivity index (χ0) is 17.8. The molecule has 0 spiro atoms. The number of anilines is 1. The molecule has 1 aromatic heterocycles. The average Bonchev–Trinajstić information content (AvgIpc) is 2.91. The fraction of sp³-hybridized carbons (Fsp3) is 0.500. The minimum absolute atomic E-state index is 0.0547. The minimum atomic E-state index is 0.0547. The Kier molecular flexibility index (Phi) is 5.91. The summed E-state index contributed by atoms with van der Waals surface area (Å²) < 4.78 is 0. The molecule has 0 bridgehead atoms. The van der Waals surface area contributed by atoms with Crippen molar-refractivity contribution in [2.24, 2.45) is 5.92 Å². The molecular weight excluding hydrogens is 356 g/mol. The monoisotopic (exact) mass is 378 g/mol. The van der Waals surface area contributed by atoms with Crippen molar-refractivity contribution in [3.05, 3.63) is 39.9 Å². The van der Waals surface area contributed by atoms with Gasteiger partial charge >= 0.3 is 0 Å². The Balaban J connectivity index is 1.62. The van der Waals surface area contributed by atoms with E-state index in [1.165, 1.54) is 5.56 Å². The molecule has 2 aromatic rings. The van der Waals surface area contributed by atoms with Gasteiger partial charge in [0, 0.05) is 43.5 Å². The summed E-state index contributed by atoms with van der Waals surface area (Å²) in [6.45, 7) is 7.22. The predicted octanol–water partition coefficient (Wildman–Crippen LogP) is 3.48. The molecule has 1 amide bonds. The molecule has 134 valence electrons. The molecule has 2 heterocycles. The minimum Gasteiger partial charge on any atom is -0.345 e. The van der Waals surface area contributed by atoms with Crippen LogP contribution < -0.4 is 4.90 Å². The molecule has 1 saturated heterocycles. The molecule has 3 rings (SSSR count). The lowest BCUT2D eigenvalue weighted by atomic mass is 10.2. The summed E-state index contributed by atoms with van der Waals surface area (Å²) in [5.41, 5.74) is 1.18. The SMILES string of the molecule is CC(C)C(=O)N1CCCN(c2nnc(Cc3ccc(Cl)cc3)s2)CC1. The van der Waals surface area contributed by atoms with Crippen LogP contribution in [0.4, 0.5) is 5.13 Å². The maximum Gasteiger partial charge on any atom is 0.225 e. The van der Waals surface area contributed by atoms with Gasteiger partial charge in [-0.2, -0.15) is 0 Å². The van der Waals surface area contributed by atoms with Crippen LogP contribution in [0.1, 0.15) is 30.8 Å². The largest absolute Gasteiger partial charge is 0.345 e. The molecule has 1 fully saturated rings. The Hall–Kier alpha value is -1.66. The van der Waals surface area contributed by atoms with E-state index in [9.17, 15) is 4.79 Å². The van der Waals surface area contributed by atoms with Crippen molar-refractivity contribution < 1.29 is 4.79 Å². The highest BCUT2D eigenvalue weighted by atomic mass is 35.5. The van der Waals surface area contributed by atoms with E-state index in [1.54, 1.807) is 11.3 Å². The van der Waals surface area contributed by atoms with Gasteiger partial charge in [0.15, 0.2) is 0 Å². The smallest absolute Gasteiger partial charge is 0.225 e. The van der Waals surface area contributed by atoms with Gasteiger partial charge in [-0.25, -0.2) is 0 Å². The zero-order valence-corrected chi connectivity index (χ0v) is 16.2. The quantitative estimate of drug-likeness (QED) is 0.817. The molecule has 0 N–H and O–H groups in total. The number of nitrogens with zero attached hydrogens (tertiary/aromatic N) is 4. The van der Waals surface area contributed by atoms with Crippen LogP contribution in [-0.4, -0.2) is 47.2 Å². The summed E-state index contributed by atoms with van der Waals surface area (Å²) >= 11 is 7.56. The summed E-state index contributed by atoms with van der Waals surface area (Å²) in [6, 6.07) is 7.83. The highest BCUT2D eigenvalue weighted by molar-refractivity contribution is 7.15. The third-order valence-electron chi connectivity index (χ3n) is 4.30. The molecule has 1 aromatic carbocycles. The Bertz CT molecular complexity index is 716. The molecule has 0 unspecified atom stereocenters. The first-order valence-corrected chi connectivity index (χ1v) is 9.83. The normalized spacial score (nSPS) is 15.5. The van der Waals surface area contributed by atoms with Gasteiger partial charge in [0.05, 0.1) is 0 Å². The molecule has 0 radical (unpaired) electrons. The summed E-state index contributed by atoms with van der Waals surface area (Å²) in [5, 5.41) is 11.4. The molecule has 25 heavy (non-hydrogen) atoms. The lowest BCUT2D eigenvalue weighted by Crippen LogP contribution is -2.37. The van der Waals surface area contributed by atoms with E-state index in [0.717, 1.165) is 54.2 Å². The van der Waals surface area contributed by atoms with Crippen molar-refractivity contribution in [1.29, 1.82) is 0 Å². The number of rotatable bonds is 4. The van der Waals surface area contributed by atoms with Crippen molar-refractivity contribution in [1.82, 2.24) is 15.1 Å². The van der Waals surface area contributed by atoms with Crippen molar-refractivity contribution in [2.75, 3.05) is 31.1 Å². The number of carbonyl (C=O) groups excluding carboxylic acids is 1. The summed E-state index contributed by atoms with van der Waals surface area (Å²) in [6.07, 6.45) is 1.73. The van der Waals surface area contributed by atoms with E-state index < -0.39 is 0 Å². The maximum absolute atomic E-state index is 12.2. The summed E-state index contributed by atoms with van der Waals surface area (Å²) in [5.74, 6) is 0.293. The second-order valence-electron chi connectivity index (χ2n) is 6.60. The maximum atomic E-state index is 12.2. The predicted molar refractivity (Wildman–Crippen MR) is 102 cm³/mol. The van der Waals surface area contributed by atoms with E-state index in [0.29, 0.717) is 0 Å². The second-order valence-corrected chi connectivity index (χ2v) is 8.08. The van der Waals surface area contributed by atoms with E-state index in [2.05, 4.69) is 15.1 Å². The zero-order valence-electron chi connectivity index (χ0n) is 14.6. The van der Waals surface area contributed by atoms with Gasteiger partial charge < -0.3 is 9.80 Å². The van der Waals surface area contributed by atoms with Crippen LogP contribution in [-0.2, 0) is 11.2 Å². The van der Waals surface area contributed by atoms with Gasteiger partial charge in [0.1, 0.15) is 5.01 Å². The van der Waals surface area contributed by atoms with Crippen molar-refractivity contribution in [2.45, 2.75) is 26.7 Å². The highest BCUT2D eigenvalue weighted by Crippen LogP contribution is 2.24. The Morgan fingerprint density at radius 2 is 1.92 bits per heavy atom. The topological polar surface area (TPSA) is 49.3 Å². The van der Waals surface area contributed by atoms with Crippen molar-refractivity contribution in [3.63, 3.8) is 0 Å². The molecular formula is C18H23ClN4OS. The molecule has 1 aliphatic rings. The first-order valence-electron chi connectivity index (χ1n) is 8.63. The Labute approximate surface area is 157 Å². The van der Waals surface area contributed by atoms with E-state index in [-0.39, 0.29) is 11.8 Å². The van der Waals surface area contributed by atoms with Gasteiger partial charge in [-0.1, -0.05) is 48.9 Å². The van der Waals surface area contributed by atoms with Crippen LogP contribution in [0.25, 0.3) is 0 Å². The van der Waals surface area contributed by atoms with Crippen LogP contribution in [0.3, 0.4) is 0 Å². The molecule has 0 saturated carbocycles. The third kappa shape index (κ3) is 4.70. The fourth-order valence-electron chi connectivity index (χ4n) is 2.92. The van der Waals surface area contributed by atoms with E-state index in [1.807, 2.05) is 43.0 Å². The standard InChI is InChI=1S/C18H23ClN4OS/c1-13(2)17(24)22-8-3-9-23(11-10-22)18-21-20-16(25-18)12-14-4-6-15(19)7-5-14/h4-7,13H,3,8-12H2,1-2H3. The molecule has 0 aliphatic carbocycles. The summed E-state index contributed by atoms with van der Waals surface area (Å²) in [4.78, 5) is 16.4. The second kappa shape index (κ2) is 8.15. The number of hydrogen-bond acceptors (Lipinski definition) is 5. The molecule has 5 nitrogen and oxygen atoms in total. The van der Waals surface area contributed by atoms with Crippen LogP contribution in [0.2, 0.25) is 5.02 Å². The number of carbonyl (C=O) groups is 1. The van der Waals surface area contributed by atoms with Crippen LogP contribution in [0.5, 0.6) is 0 Å². The lowest BCUT2D eigenvalue weighted by molar-refractivity contribution is -0.134. The molecule has 0 atom stereocenters. The summed E-state index contributed by atoms with van der Waals surface area (Å²) in [7, 11) is 0. The highest BCUT2D eigenvalue weighted by Gasteiger charge is 2.22. The van der Waals surface area contributed by atoms with Gasteiger partial charge in [-0.3, -0.25) is 4.79 Å². The fourth-order valence-corrected chi connectivity index (χ4v) is 3.97.